The summed E-state index contributed by atoms with van der Waals surface area (Å²) in [5, 5.41) is 0. The van der Waals surface area contributed by atoms with E-state index in [1.807, 2.05) is 0 Å². The van der Waals surface area contributed by atoms with Gasteiger partial charge in [-0.05, 0) is 17.0 Å². The van der Waals surface area contributed by atoms with Crippen LogP contribution in [0.4, 0.5) is 0 Å². The van der Waals surface area contributed by atoms with E-state index in [9.17, 15) is 0 Å². The minimum atomic E-state index is -0.222. The average Bonchev–Trinajstić information content (AvgIpc) is 1.41. The monoisotopic (exact) mass is 212 g/mol. The molecule has 0 radical (unpaired) electrons. The summed E-state index contributed by atoms with van der Waals surface area (Å²) in [6.07, 6.45) is 0. The van der Waals surface area contributed by atoms with Crippen LogP contribution >= 0.6 is 48.3 Å². The molecular weight excluding hydrogens is 210 g/mol. The molecule has 0 atom stereocenters. The zero-order valence-electron chi connectivity index (χ0n) is 3.09. The SMILES string of the molecule is CC(Cl)Cl.ClBr. The highest BCUT2D eigenvalue weighted by molar-refractivity contribution is 9.22. The summed E-state index contributed by atoms with van der Waals surface area (Å²) in [5.74, 6) is 0. The molecule has 0 aromatic carbocycles. The van der Waals surface area contributed by atoms with Crippen molar-refractivity contribution in [3.63, 3.8) is 0 Å². The standard InChI is InChI=1S/C2H4Cl2.BrCl/c1-2(3)4;1-2/h2H,1H3;. The van der Waals surface area contributed by atoms with Gasteiger partial charge in [-0.3, -0.25) is 0 Å². The molecule has 0 saturated carbocycles. The summed E-state index contributed by atoms with van der Waals surface area (Å²) >= 11 is 12.5. The molecule has 0 aliphatic rings. The zero-order chi connectivity index (χ0) is 5.58. The molecule has 40 valence electrons. The molecule has 0 fully saturated rings. The molecule has 0 aromatic heterocycles. The first-order valence-electron chi connectivity index (χ1n) is 1.16. The minimum Gasteiger partial charge on any atom is -0.106 e. The zero-order valence-corrected chi connectivity index (χ0v) is 6.94. The summed E-state index contributed by atoms with van der Waals surface area (Å²) in [5.41, 5.74) is 0. The van der Waals surface area contributed by atoms with Crippen LogP contribution in [0.1, 0.15) is 6.92 Å². The molecule has 0 aliphatic heterocycles. The Kier molecular flexibility index (Phi) is 16.6. The van der Waals surface area contributed by atoms with Crippen LogP contribution in [0.2, 0.25) is 0 Å². The molecule has 0 N–H and O–H groups in total. The van der Waals surface area contributed by atoms with Crippen LogP contribution in [0, 0.1) is 0 Å². The van der Waals surface area contributed by atoms with Crippen molar-refractivity contribution < 1.29 is 0 Å². The van der Waals surface area contributed by atoms with Gasteiger partial charge in [-0.25, -0.2) is 0 Å². The average molecular weight is 214 g/mol. The first kappa shape index (κ1) is 10.4. The Labute approximate surface area is 60.1 Å². The molecule has 0 heterocycles. The Bertz CT molecular complexity index is 13.5. The van der Waals surface area contributed by atoms with Crippen LogP contribution in [0.25, 0.3) is 0 Å². The Balaban J connectivity index is 0. The smallest absolute Gasteiger partial charge is 0.105 e. The summed E-state index contributed by atoms with van der Waals surface area (Å²) in [6, 6.07) is 0. The third kappa shape index (κ3) is 55.5. The molecule has 0 nitrogen and oxygen atoms in total. The Morgan fingerprint density at radius 2 is 1.33 bits per heavy atom. The fraction of sp³-hybridized carbons (Fsp3) is 1.00. The van der Waals surface area contributed by atoms with E-state index in [0.29, 0.717) is 0 Å². The van der Waals surface area contributed by atoms with E-state index < -0.39 is 0 Å². The first-order chi connectivity index (χ1) is 2.73. The van der Waals surface area contributed by atoms with Gasteiger partial charge in [-0.2, -0.15) is 0 Å². The van der Waals surface area contributed by atoms with Crippen LogP contribution in [-0.4, -0.2) is 4.84 Å². The summed E-state index contributed by atoms with van der Waals surface area (Å²) in [4.78, 5) is -0.222. The molecule has 0 bridgehead atoms. The van der Waals surface area contributed by atoms with E-state index >= 15 is 0 Å². The lowest BCUT2D eigenvalue weighted by Crippen LogP contribution is -1.63. The van der Waals surface area contributed by atoms with Gasteiger partial charge in [0.1, 0.15) is 4.84 Å². The minimum absolute atomic E-state index is 0.222. The maximum atomic E-state index is 5.04. The van der Waals surface area contributed by atoms with Gasteiger partial charge < -0.3 is 0 Å². The molecular formula is C2H4BrCl3. The van der Waals surface area contributed by atoms with Crippen molar-refractivity contribution in [2.75, 3.05) is 0 Å². The van der Waals surface area contributed by atoms with Gasteiger partial charge in [0.25, 0.3) is 0 Å². The predicted molar refractivity (Wildman–Crippen MR) is 35.9 cm³/mol. The molecule has 0 spiro atoms. The van der Waals surface area contributed by atoms with Crippen LogP contribution in [0.15, 0.2) is 0 Å². The number of alkyl halides is 2. The molecule has 6 heavy (non-hydrogen) atoms. The second-order valence-electron chi connectivity index (χ2n) is 0.519. The predicted octanol–water partition coefficient (Wildman–Crippen LogP) is 3.35. The topological polar surface area (TPSA) is 0 Å². The van der Waals surface area contributed by atoms with Gasteiger partial charge in [-0.15, -0.1) is 23.2 Å². The molecule has 0 saturated heterocycles. The normalized spacial score (nSPS) is 7.00. The van der Waals surface area contributed by atoms with Crippen LogP contribution in [-0.2, 0) is 0 Å². The van der Waals surface area contributed by atoms with E-state index in [-0.39, 0.29) is 4.84 Å². The third-order valence-electron chi connectivity index (χ3n) is 0. The van der Waals surface area contributed by atoms with Crippen molar-refractivity contribution in [3.8, 4) is 0 Å². The molecule has 0 amide bonds. The Morgan fingerprint density at radius 1 is 1.33 bits per heavy atom. The van der Waals surface area contributed by atoms with E-state index in [4.69, 9.17) is 23.2 Å². The molecule has 0 aromatic rings. The van der Waals surface area contributed by atoms with E-state index in [1.165, 1.54) is 0 Å². The van der Waals surface area contributed by atoms with Crippen molar-refractivity contribution in [3.05, 3.63) is 0 Å². The van der Waals surface area contributed by atoms with Crippen molar-refractivity contribution in [1.29, 1.82) is 0 Å². The van der Waals surface area contributed by atoms with Crippen molar-refractivity contribution in [1.82, 2.24) is 0 Å². The summed E-state index contributed by atoms with van der Waals surface area (Å²) in [6.45, 7) is 1.70. The second-order valence-corrected chi connectivity index (χ2v) is 2.05. The highest BCUT2D eigenvalue weighted by Crippen LogP contribution is 1.95. The Hall–Kier alpha value is 1.35. The van der Waals surface area contributed by atoms with Gasteiger partial charge in [0, 0.05) is 15.0 Å². The van der Waals surface area contributed by atoms with Crippen molar-refractivity contribution in [2.45, 2.75) is 11.8 Å². The van der Waals surface area contributed by atoms with Crippen LogP contribution in [0.3, 0.4) is 0 Å². The fourth-order valence-electron chi connectivity index (χ4n) is 0. The summed E-state index contributed by atoms with van der Waals surface area (Å²) in [7, 11) is 4.45. The van der Waals surface area contributed by atoms with Gasteiger partial charge in [0.05, 0.1) is 0 Å². The van der Waals surface area contributed by atoms with Crippen LogP contribution in [0.5, 0.6) is 0 Å². The maximum absolute atomic E-state index is 5.04. The molecule has 0 unspecified atom stereocenters. The number of rotatable bonds is 0. The number of halogens is 4. The summed E-state index contributed by atoms with van der Waals surface area (Å²) < 4.78 is 0. The lowest BCUT2D eigenvalue weighted by atomic mass is 11.0. The van der Waals surface area contributed by atoms with Gasteiger partial charge in [-0.1, -0.05) is 0 Å². The Morgan fingerprint density at radius 3 is 1.33 bits per heavy atom. The van der Waals surface area contributed by atoms with E-state index in [0.717, 1.165) is 0 Å². The lowest BCUT2D eigenvalue weighted by Gasteiger charge is -1.72. The fourth-order valence-corrected chi connectivity index (χ4v) is 0. The van der Waals surface area contributed by atoms with Gasteiger partial charge >= 0.3 is 0 Å². The van der Waals surface area contributed by atoms with E-state index in [2.05, 4.69) is 25.1 Å². The maximum Gasteiger partial charge on any atom is 0.105 e. The lowest BCUT2D eigenvalue weighted by molar-refractivity contribution is 1.39. The molecule has 0 aliphatic carbocycles. The van der Waals surface area contributed by atoms with Crippen molar-refractivity contribution in [2.24, 2.45) is 0 Å². The van der Waals surface area contributed by atoms with Gasteiger partial charge in [0.2, 0.25) is 0 Å². The largest absolute Gasteiger partial charge is 0.106 e. The molecule has 0 rings (SSSR count). The van der Waals surface area contributed by atoms with Crippen LogP contribution < -0.4 is 0 Å². The van der Waals surface area contributed by atoms with Crippen molar-refractivity contribution >= 4 is 48.3 Å². The third-order valence-corrected chi connectivity index (χ3v) is 0. The quantitative estimate of drug-likeness (QED) is 0.542. The van der Waals surface area contributed by atoms with Gasteiger partial charge in [0.15, 0.2) is 0 Å². The second kappa shape index (κ2) is 9.61. The highest BCUT2D eigenvalue weighted by atomic mass is 79.9. The number of hydrogen-bond acceptors (Lipinski definition) is 0. The first-order valence-corrected chi connectivity index (χ1v) is 4.11. The molecule has 4 heteroatoms. The highest BCUT2D eigenvalue weighted by Gasteiger charge is 1.75. The van der Waals surface area contributed by atoms with E-state index in [1.54, 1.807) is 6.92 Å². The number of hydrogen-bond donors (Lipinski definition) is 0.